The Labute approximate surface area is 197 Å². The van der Waals surface area contributed by atoms with Crippen molar-refractivity contribution < 1.29 is 4.79 Å². The lowest BCUT2D eigenvalue weighted by molar-refractivity contribution is -0.130. The summed E-state index contributed by atoms with van der Waals surface area (Å²) in [6, 6.07) is 13.5. The summed E-state index contributed by atoms with van der Waals surface area (Å²) in [6.45, 7) is 5.83. The summed E-state index contributed by atoms with van der Waals surface area (Å²) < 4.78 is 3.16. The quantitative estimate of drug-likeness (QED) is 0.457. The van der Waals surface area contributed by atoms with Gasteiger partial charge in [0.1, 0.15) is 12.1 Å². The van der Waals surface area contributed by atoms with Crippen molar-refractivity contribution in [3.05, 3.63) is 83.8 Å². The third kappa shape index (κ3) is 4.34. The molecule has 2 aromatic carbocycles. The maximum atomic E-state index is 13.0. The number of hydrogen-bond acceptors (Lipinski definition) is 5. The molecule has 0 atom stereocenters. The second-order valence-corrected chi connectivity index (χ2v) is 8.36. The molecule has 1 saturated heterocycles. The highest BCUT2D eigenvalue weighted by atomic mass is 16.2. The summed E-state index contributed by atoms with van der Waals surface area (Å²) in [5, 5.41) is 4.14. The number of anilines is 2. The van der Waals surface area contributed by atoms with E-state index in [-0.39, 0.29) is 11.6 Å². The molecule has 2 aromatic heterocycles. The average Bonchev–Trinajstić information content (AvgIpc) is 3.53. The Balaban J connectivity index is 1.41. The first-order valence-corrected chi connectivity index (χ1v) is 11.4. The van der Waals surface area contributed by atoms with Gasteiger partial charge in [0.2, 0.25) is 5.91 Å². The van der Waals surface area contributed by atoms with E-state index in [1.54, 1.807) is 27.6 Å². The lowest BCUT2D eigenvalue weighted by Crippen LogP contribution is -2.30. The number of amides is 1. The summed E-state index contributed by atoms with van der Waals surface area (Å²) in [5.74, 6) is 0.757. The molecule has 1 aliphatic heterocycles. The van der Waals surface area contributed by atoms with Crippen LogP contribution in [0.5, 0.6) is 0 Å². The summed E-state index contributed by atoms with van der Waals surface area (Å²) in [6.07, 6.45) is 9.21. The first kappa shape index (κ1) is 21.6. The van der Waals surface area contributed by atoms with Crippen molar-refractivity contribution in [3.63, 3.8) is 0 Å². The number of fused-ring (bicyclic) bond motifs is 1. The molecule has 8 nitrogen and oxygen atoms in total. The molecule has 0 aliphatic carbocycles. The van der Waals surface area contributed by atoms with E-state index in [1.807, 2.05) is 47.4 Å². The highest BCUT2D eigenvalue weighted by Crippen LogP contribution is 2.25. The van der Waals surface area contributed by atoms with E-state index < -0.39 is 0 Å². The second-order valence-electron chi connectivity index (χ2n) is 8.36. The van der Waals surface area contributed by atoms with Crippen LogP contribution in [0.1, 0.15) is 24.8 Å². The molecule has 0 bridgehead atoms. The fraction of sp³-hybridized carbons (Fsp3) is 0.231. The maximum Gasteiger partial charge on any atom is 0.332 e. The molecular formula is C26H26N6O2. The third-order valence-electron chi connectivity index (χ3n) is 6.15. The first-order chi connectivity index (χ1) is 16.6. The number of rotatable bonds is 7. The molecule has 3 heterocycles. The Bertz CT molecular complexity index is 1410. The van der Waals surface area contributed by atoms with Crippen LogP contribution in [0.15, 0.2) is 72.6 Å². The highest BCUT2D eigenvalue weighted by Gasteiger charge is 2.18. The van der Waals surface area contributed by atoms with E-state index in [2.05, 4.69) is 21.9 Å². The number of aromatic nitrogens is 4. The smallest absolute Gasteiger partial charge is 0.332 e. The van der Waals surface area contributed by atoms with Crippen molar-refractivity contribution in [1.82, 2.24) is 24.0 Å². The Morgan fingerprint density at radius 2 is 1.94 bits per heavy atom. The summed E-state index contributed by atoms with van der Waals surface area (Å²) >= 11 is 0. The average molecular weight is 455 g/mol. The Morgan fingerprint density at radius 3 is 2.76 bits per heavy atom. The number of aryl methyl sites for hydroxylation is 1. The van der Waals surface area contributed by atoms with E-state index >= 15 is 0 Å². The SMILES string of the molecule is C=Cc1cccc(Nc2ncnc3ccc(-n4ccn(CCC(=O)N5CCCC5)c4=O)cc23)c1. The number of carbonyl (C=O) groups excluding carboxylic acids is 1. The normalized spacial score (nSPS) is 13.4. The molecule has 5 rings (SSSR count). The Morgan fingerprint density at radius 1 is 1.09 bits per heavy atom. The number of hydrogen-bond donors (Lipinski definition) is 1. The van der Waals surface area contributed by atoms with Gasteiger partial charge in [-0.05, 0) is 48.7 Å². The van der Waals surface area contributed by atoms with Gasteiger partial charge in [-0.15, -0.1) is 0 Å². The molecule has 1 fully saturated rings. The lowest BCUT2D eigenvalue weighted by atomic mass is 10.2. The number of likely N-dealkylation sites (tertiary alicyclic amines) is 1. The maximum absolute atomic E-state index is 13.0. The van der Waals surface area contributed by atoms with Gasteiger partial charge in [0.25, 0.3) is 0 Å². The third-order valence-corrected chi connectivity index (χ3v) is 6.15. The van der Waals surface area contributed by atoms with Crippen molar-refractivity contribution in [2.75, 3.05) is 18.4 Å². The predicted molar refractivity (Wildman–Crippen MR) is 133 cm³/mol. The summed E-state index contributed by atoms with van der Waals surface area (Å²) in [4.78, 5) is 36.1. The van der Waals surface area contributed by atoms with Gasteiger partial charge in [0.15, 0.2) is 0 Å². The molecule has 1 amide bonds. The van der Waals surface area contributed by atoms with E-state index in [4.69, 9.17) is 0 Å². The zero-order chi connectivity index (χ0) is 23.5. The van der Waals surface area contributed by atoms with E-state index in [0.29, 0.717) is 24.5 Å². The van der Waals surface area contributed by atoms with Gasteiger partial charge in [-0.1, -0.05) is 24.8 Å². The molecular weight excluding hydrogens is 428 g/mol. The zero-order valence-electron chi connectivity index (χ0n) is 18.9. The largest absolute Gasteiger partial charge is 0.343 e. The molecule has 0 radical (unpaired) electrons. The molecule has 0 saturated carbocycles. The zero-order valence-corrected chi connectivity index (χ0v) is 18.9. The second kappa shape index (κ2) is 9.35. The minimum Gasteiger partial charge on any atom is -0.343 e. The van der Waals surface area contributed by atoms with Gasteiger partial charge in [0.05, 0.1) is 11.2 Å². The minimum absolute atomic E-state index is 0.108. The van der Waals surface area contributed by atoms with E-state index in [9.17, 15) is 9.59 Å². The molecule has 0 unspecified atom stereocenters. The van der Waals surface area contributed by atoms with Gasteiger partial charge in [-0.2, -0.15) is 0 Å². The van der Waals surface area contributed by atoms with Crippen LogP contribution in [-0.2, 0) is 11.3 Å². The van der Waals surface area contributed by atoms with Crippen molar-refractivity contribution in [1.29, 1.82) is 0 Å². The molecule has 34 heavy (non-hydrogen) atoms. The van der Waals surface area contributed by atoms with Crippen LogP contribution in [0.2, 0.25) is 0 Å². The fourth-order valence-corrected chi connectivity index (χ4v) is 4.29. The van der Waals surface area contributed by atoms with E-state index in [1.165, 1.54) is 6.33 Å². The van der Waals surface area contributed by atoms with Crippen LogP contribution in [0.4, 0.5) is 11.5 Å². The summed E-state index contributed by atoms with van der Waals surface area (Å²) in [5.41, 5.74) is 3.18. The Hall–Kier alpha value is -4.20. The van der Waals surface area contributed by atoms with Crippen molar-refractivity contribution in [3.8, 4) is 5.69 Å². The molecule has 1 N–H and O–H groups in total. The van der Waals surface area contributed by atoms with Gasteiger partial charge in [0, 0.05) is 49.5 Å². The van der Waals surface area contributed by atoms with Crippen molar-refractivity contribution in [2.24, 2.45) is 0 Å². The van der Waals surface area contributed by atoms with Gasteiger partial charge in [-0.3, -0.25) is 13.9 Å². The van der Waals surface area contributed by atoms with Crippen LogP contribution in [0, 0.1) is 0 Å². The lowest BCUT2D eigenvalue weighted by Gasteiger charge is -2.14. The number of nitrogens with one attached hydrogen (secondary N) is 1. The monoisotopic (exact) mass is 454 g/mol. The predicted octanol–water partition coefficient (Wildman–Crippen LogP) is 3.98. The first-order valence-electron chi connectivity index (χ1n) is 11.4. The molecule has 8 heteroatoms. The number of imidazole rings is 1. The number of nitrogens with zero attached hydrogens (tertiary/aromatic N) is 5. The van der Waals surface area contributed by atoms with Gasteiger partial charge >= 0.3 is 5.69 Å². The standard InChI is InChI=1S/C26H26N6O2/c1-2-19-6-5-7-20(16-19)29-25-22-17-21(8-9-23(22)27-18-28-25)32-15-14-31(26(32)34)13-10-24(33)30-11-3-4-12-30/h2,5-9,14-18H,1,3-4,10-13H2,(H,27,28,29). The van der Waals surface area contributed by atoms with Crippen LogP contribution >= 0.6 is 0 Å². The fourth-order valence-electron chi connectivity index (χ4n) is 4.29. The molecule has 0 spiro atoms. The molecule has 4 aromatic rings. The molecule has 1 aliphatic rings. The topological polar surface area (TPSA) is 85.1 Å². The number of carbonyl (C=O) groups is 1. The van der Waals surface area contributed by atoms with Crippen LogP contribution in [-0.4, -0.2) is 43.0 Å². The van der Waals surface area contributed by atoms with Crippen LogP contribution in [0.25, 0.3) is 22.7 Å². The van der Waals surface area contributed by atoms with Crippen molar-refractivity contribution in [2.45, 2.75) is 25.8 Å². The summed E-state index contributed by atoms with van der Waals surface area (Å²) in [7, 11) is 0. The van der Waals surface area contributed by atoms with Gasteiger partial charge < -0.3 is 10.2 Å². The minimum atomic E-state index is -0.182. The van der Waals surface area contributed by atoms with Crippen LogP contribution < -0.4 is 11.0 Å². The van der Waals surface area contributed by atoms with E-state index in [0.717, 1.165) is 48.1 Å². The van der Waals surface area contributed by atoms with Crippen molar-refractivity contribution >= 4 is 34.4 Å². The Kier molecular flexibility index (Phi) is 5.95. The molecule has 172 valence electrons. The van der Waals surface area contributed by atoms with Crippen LogP contribution in [0.3, 0.4) is 0 Å². The highest BCUT2D eigenvalue weighted by molar-refractivity contribution is 5.92. The van der Waals surface area contributed by atoms with Gasteiger partial charge in [-0.25, -0.2) is 14.8 Å². The number of benzene rings is 2.